The number of imide groups is 1. The number of likely N-dealkylation sites (tertiary alicyclic amines) is 1. The summed E-state index contributed by atoms with van der Waals surface area (Å²) >= 11 is 0. The van der Waals surface area contributed by atoms with E-state index in [-0.39, 0.29) is 13.2 Å². The number of carbonyl (C=O) groups excluding carboxylic acids is 2. The summed E-state index contributed by atoms with van der Waals surface area (Å²) in [4.78, 5) is 35.6. The Labute approximate surface area is 111 Å². The highest BCUT2D eigenvalue weighted by molar-refractivity contribution is 5.92. The Balaban J connectivity index is 2.46. The Bertz CT molecular complexity index is 371. The van der Waals surface area contributed by atoms with Crippen LogP contribution in [0.5, 0.6) is 0 Å². The summed E-state index contributed by atoms with van der Waals surface area (Å²) < 4.78 is 4.60. The number of amides is 2. The Morgan fingerprint density at radius 3 is 2.68 bits per heavy atom. The van der Waals surface area contributed by atoms with E-state index in [1.54, 1.807) is 18.7 Å². The Morgan fingerprint density at radius 2 is 2.11 bits per heavy atom. The lowest BCUT2D eigenvalue weighted by Gasteiger charge is -2.36. The molecule has 1 heterocycles. The molecule has 108 valence electrons. The van der Waals surface area contributed by atoms with Crippen LogP contribution in [0.15, 0.2) is 0 Å². The van der Waals surface area contributed by atoms with Crippen molar-refractivity contribution in [2.75, 3.05) is 26.2 Å². The van der Waals surface area contributed by atoms with Crippen LogP contribution in [0.2, 0.25) is 0 Å². The van der Waals surface area contributed by atoms with Crippen LogP contribution in [0, 0.1) is 5.41 Å². The molecule has 1 aliphatic rings. The third-order valence-electron chi connectivity index (χ3n) is 3.18. The van der Waals surface area contributed by atoms with Crippen molar-refractivity contribution in [3.05, 3.63) is 0 Å². The van der Waals surface area contributed by atoms with E-state index in [1.807, 2.05) is 0 Å². The van der Waals surface area contributed by atoms with E-state index < -0.39 is 23.4 Å². The first kappa shape index (κ1) is 15.4. The molecule has 2 amide bonds. The van der Waals surface area contributed by atoms with E-state index in [0.29, 0.717) is 19.5 Å². The molecule has 0 aromatic carbocycles. The van der Waals surface area contributed by atoms with Crippen LogP contribution in [-0.4, -0.2) is 54.2 Å². The van der Waals surface area contributed by atoms with Crippen molar-refractivity contribution in [2.24, 2.45) is 5.41 Å². The van der Waals surface area contributed by atoms with Gasteiger partial charge in [-0.25, -0.2) is 4.79 Å². The Morgan fingerprint density at radius 1 is 1.42 bits per heavy atom. The quantitative estimate of drug-likeness (QED) is 0.771. The van der Waals surface area contributed by atoms with Crippen molar-refractivity contribution in [3.8, 4) is 0 Å². The average Bonchev–Trinajstić information content (AvgIpc) is 2.28. The first-order chi connectivity index (χ1) is 8.87. The van der Waals surface area contributed by atoms with Crippen LogP contribution in [0.1, 0.15) is 26.7 Å². The zero-order valence-electron chi connectivity index (χ0n) is 11.3. The van der Waals surface area contributed by atoms with Crippen LogP contribution < -0.4 is 5.32 Å². The highest BCUT2D eigenvalue weighted by Crippen LogP contribution is 2.29. The monoisotopic (exact) mass is 272 g/mol. The van der Waals surface area contributed by atoms with Crippen LogP contribution in [0.3, 0.4) is 0 Å². The van der Waals surface area contributed by atoms with Gasteiger partial charge in [-0.2, -0.15) is 0 Å². The van der Waals surface area contributed by atoms with Gasteiger partial charge in [0.05, 0.1) is 18.6 Å². The number of piperidine rings is 1. The van der Waals surface area contributed by atoms with Crippen molar-refractivity contribution in [2.45, 2.75) is 26.7 Å². The molecule has 0 saturated carbocycles. The maximum Gasteiger partial charge on any atom is 0.413 e. The van der Waals surface area contributed by atoms with Gasteiger partial charge in [-0.1, -0.05) is 0 Å². The molecule has 1 fully saturated rings. The van der Waals surface area contributed by atoms with Gasteiger partial charge >= 0.3 is 12.1 Å². The smallest absolute Gasteiger partial charge is 0.413 e. The fourth-order valence-electron chi connectivity index (χ4n) is 2.18. The fraction of sp³-hybridized carbons (Fsp3) is 0.750. The number of ether oxygens (including phenoxy) is 1. The lowest BCUT2D eigenvalue weighted by atomic mass is 9.82. The molecule has 0 spiro atoms. The zero-order valence-corrected chi connectivity index (χ0v) is 11.3. The standard InChI is InChI=1S/C12H20N2O5/c1-3-19-11(18)13-9(15)7-14-6-4-5-12(2,8-14)10(16)17/h3-8H2,1-2H3,(H,16,17)(H,13,15,18). The molecular formula is C12H20N2O5. The molecule has 1 aliphatic heterocycles. The second-order valence-electron chi connectivity index (χ2n) is 4.95. The van der Waals surface area contributed by atoms with Gasteiger partial charge < -0.3 is 9.84 Å². The van der Waals surface area contributed by atoms with Crippen LogP contribution in [0.25, 0.3) is 0 Å². The normalized spacial score (nSPS) is 23.7. The number of aliphatic carboxylic acids is 1. The molecule has 1 atom stereocenters. The number of carboxylic acids is 1. The van der Waals surface area contributed by atoms with Crippen molar-refractivity contribution in [1.82, 2.24) is 10.2 Å². The number of nitrogens with zero attached hydrogens (tertiary/aromatic N) is 1. The summed E-state index contributed by atoms with van der Waals surface area (Å²) in [5.41, 5.74) is -0.831. The first-order valence-electron chi connectivity index (χ1n) is 6.30. The van der Waals surface area contributed by atoms with Crippen molar-refractivity contribution >= 4 is 18.0 Å². The summed E-state index contributed by atoms with van der Waals surface area (Å²) in [6, 6.07) is 0. The molecule has 7 nitrogen and oxygen atoms in total. The molecule has 1 unspecified atom stereocenters. The number of hydrogen-bond acceptors (Lipinski definition) is 5. The Hall–Kier alpha value is -1.63. The fourth-order valence-corrected chi connectivity index (χ4v) is 2.18. The molecule has 0 radical (unpaired) electrons. The van der Waals surface area contributed by atoms with Gasteiger partial charge in [0, 0.05) is 6.54 Å². The average molecular weight is 272 g/mol. The SMILES string of the molecule is CCOC(=O)NC(=O)CN1CCCC(C)(C(=O)O)C1. The topological polar surface area (TPSA) is 95.9 Å². The molecule has 2 N–H and O–H groups in total. The molecule has 0 aliphatic carbocycles. The third kappa shape index (κ3) is 4.51. The third-order valence-corrected chi connectivity index (χ3v) is 3.18. The molecule has 0 aromatic heterocycles. The molecule has 1 saturated heterocycles. The zero-order chi connectivity index (χ0) is 14.5. The summed E-state index contributed by atoms with van der Waals surface area (Å²) in [6.07, 6.45) is 0.541. The highest BCUT2D eigenvalue weighted by Gasteiger charge is 2.38. The van der Waals surface area contributed by atoms with Gasteiger partial charge in [-0.3, -0.25) is 19.8 Å². The van der Waals surface area contributed by atoms with Crippen LogP contribution in [-0.2, 0) is 14.3 Å². The number of carbonyl (C=O) groups is 3. The number of carboxylic acid groups (broad SMARTS) is 1. The number of nitrogens with one attached hydrogen (secondary N) is 1. The second-order valence-corrected chi connectivity index (χ2v) is 4.95. The van der Waals surface area contributed by atoms with Gasteiger partial charge in [0.25, 0.3) is 0 Å². The van der Waals surface area contributed by atoms with Crippen molar-refractivity contribution in [1.29, 1.82) is 0 Å². The molecule has 7 heteroatoms. The van der Waals surface area contributed by atoms with Gasteiger partial charge in [0.1, 0.15) is 0 Å². The van der Waals surface area contributed by atoms with Crippen LogP contribution >= 0.6 is 0 Å². The lowest BCUT2D eigenvalue weighted by Crippen LogP contribution is -2.49. The minimum atomic E-state index is -0.858. The maximum atomic E-state index is 11.6. The maximum absolute atomic E-state index is 11.6. The van der Waals surface area contributed by atoms with Gasteiger partial charge in [-0.05, 0) is 33.2 Å². The van der Waals surface area contributed by atoms with E-state index in [4.69, 9.17) is 5.11 Å². The second kappa shape index (κ2) is 6.51. The summed E-state index contributed by atoms with van der Waals surface area (Å²) in [5, 5.41) is 11.3. The predicted molar refractivity (Wildman–Crippen MR) is 66.6 cm³/mol. The van der Waals surface area contributed by atoms with Crippen molar-refractivity contribution in [3.63, 3.8) is 0 Å². The van der Waals surface area contributed by atoms with Crippen LogP contribution in [0.4, 0.5) is 4.79 Å². The number of rotatable bonds is 4. The van der Waals surface area contributed by atoms with E-state index in [1.165, 1.54) is 0 Å². The molecular weight excluding hydrogens is 252 g/mol. The van der Waals surface area contributed by atoms with Gasteiger partial charge in [-0.15, -0.1) is 0 Å². The predicted octanol–water partition coefficient (Wildman–Crippen LogP) is 0.446. The lowest BCUT2D eigenvalue weighted by molar-refractivity contribution is -0.151. The molecule has 0 aromatic rings. The van der Waals surface area contributed by atoms with E-state index >= 15 is 0 Å². The number of alkyl carbamates (subject to hydrolysis) is 1. The summed E-state index contributed by atoms with van der Waals surface area (Å²) in [6.45, 7) is 4.47. The van der Waals surface area contributed by atoms with E-state index in [9.17, 15) is 14.4 Å². The summed E-state index contributed by atoms with van der Waals surface area (Å²) in [5.74, 6) is -1.34. The van der Waals surface area contributed by atoms with E-state index in [2.05, 4.69) is 10.1 Å². The van der Waals surface area contributed by atoms with Gasteiger partial charge in [0.15, 0.2) is 0 Å². The largest absolute Gasteiger partial charge is 0.481 e. The molecule has 0 bridgehead atoms. The molecule has 19 heavy (non-hydrogen) atoms. The van der Waals surface area contributed by atoms with Gasteiger partial charge in [0.2, 0.25) is 5.91 Å². The van der Waals surface area contributed by atoms with E-state index in [0.717, 1.165) is 6.42 Å². The Kier molecular flexibility index (Phi) is 5.29. The summed E-state index contributed by atoms with van der Waals surface area (Å²) in [7, 11) is 0. The first-order valence-corrected chi connectivity index (χ1v) is 6.30. The van der Waals surface area contributed by atoms with Crippen molar-refractivity contribution < 1.29 is 24.2 Å². The minimum absolute atomic E-state index is 0.00167. The minimum Gasteiger partial charge on any atom is -0.481 e. The highest BCUT2D eigenvalue weighted by atomic mass is 16.5. The number of hydrogen-bond donors (Lipinski definition) is 2. The molecule has 1 rings (SSSR count).